The van der Waals surface area contributed by atoms with Crippen LogP contribution in [0.3, 0.4) is 0 Å². The molecule has 1 aliphatic rings. The molecule has 1 aromatic carbocycles. The number of ether oxygens (including phenoxy) is 1. The molecule has 2 aromatic rings. The average molecular weight is 565 g/mol. The van der Waals surface area contributed by atoms with Crippen molar-refractivity contribution in [1.82, 2.24) is 20.7 Å². The van der Waals surface area contributed by atoms with E-state index in [1.807, 2.05) is 64.2 Å². The van der Waals surface area contributed by atoms with Crippen LogP contribution in [0.5, 0.6) is 0 Å². The molecule has 2 N–H and O–H groups in total. The second-order valence-electron chi connectivity index (χ2n) is 11.1. The molecular weight excluding hydrogens is 520 g/mol. The van der Waals surface area contributed by atoms with E-state index in [1.54, 1.807) is 13.0 Å². The number of hydrazine groups is 1. The molecule has 1 aliphatic heterocycles. The molecule has 1 saturated heterocycles. The van der Waals surface area contributed by atoms with Gasteiger partial charge in [0, 0.05) is 42.6 Å². The highest BCUT2D eigenvalue weighted by molar-refractivity contribution is 5.91. The summed E-state index contributed by atoms with van der Waals surface area (Å²) in [5.41, 5.74) is 4.88. The smallest absolute Gasteiger partial charge is 0.325 e. The summed E-state index contributed by atoms with van der Waals surface area (Å²) in [6, 6.07) is 6.46. The summed E-state index contributed by atoms with van der Waals surface area (Å²) in [4.78, 5) is 56.0. The molecule has 0 saturated carbocycles. The number of hydrogen-bond donors (Lipinski definition) is 2. The molecule has 3 rings (SSSR count). The van der Waals surface area contributed by atoms with Crippen LogP contribution in [0.1, 0.15) is 84.6 Å². The van der Waals surface area contributed by atoms with Crippen molar-refractivity contribution in [2.75, 3.05) is 6.54 Å². The minimum atomic E-state index is -0.823. The number of aryl methyl sites for hydroxylation is 1. The Labute approximate surface area is 243 Å². The summed E-state index contributed by atoms with van der Waals surface area (Å²) in [6.07, 6.45) is 7.35. The van der Waals surface area contributed by atoms with Gasteiger partial charge in [0.2, 0.25) is 5.91 Å². The number of esters is 1. The Morgan fingerprint density at radius 1 is 1.15 bits per heavy atom. The Balaban J connectivity index is 1.58. The molecular formula is C32H44N4O5. The van der Waals surface area contributed by atoms with Gasteiger partial charge in [-0.15, -0.1) is 0 Å². The number of hydrogen-bond acceptors (Lipinski definition) is 7. The molecule has 9 heteroatoms. The molecule has 2 heterocycles. The Morgan fingerprint density at radius 3 is 2.59 bits per heavy atom. The zero-order valence-corrected chi connectivity index (χ0v) is 25.1. The van der Waals surface area contributed by atoms with E-state index in [2.05, 4.69) is 22.7 Å². The Morgan fingerprint density at radius 2 is 1.90 bits per heavy atom. The van der Waals surface area contributed by atoms with Gasteiger partial charge in [-0.25, -0.2) is 5.43 Å². The van der Waals surface area contributed by atoms with Crippen molar-refractivity contribution in [2.45, 2.75) is 91.8 Å². The lowest BCUT2D eigenvalue weighted by Gasteiger charge is -2.35. The third kappa shape index (κ3) is 8.70. The summed E-state index contributed by atoms with van der Waals surface area (Å²) in [5.74, 6) is -1.71. The van der Waals surface area contributed by atoms with E-state index in [0.29, 0.717) is 19.4 Å². The fraction of sp³-hybridized carbons (Fsp3) is 0.531. The predicted molar refractivity (Wildman–Crippen MR) is 158 cm³/mol. The molecule has 0 radical (unpaired) electrons. The molecule has 1 fully saturated rings. The second-order valence-corrected chi connectivity index (χ2v) is 11.1. The number of Topliss-reactive ketones (excluding diaryl/α,β-unsaturated/α-hetero) is 1. The van der Waals surface area contributed by atoms with Crippen LogP contribution in [-0.4, -0.2) is 52.2 Å². The van der Waals surface area contributed by atoms with Crippen LogP contribution >= 0.6 is 0 Å². The first-order valence-corrected chi connectivity index (χ1v) is 14.6. The van der Waals surface area contributed by atoms with Crippen molar-refractivity contribution < 1.29 is 23.9 Å². The lowest BCUT2D eigenvalue weighted by atomic mass is 9.89. The van der Waals surface area contributed by atoms with Crippen LogP contribution in [0.15, 0.2) is 42.6 Å². The Bertz CT molecular complexity index is 1270. The number of fused-ring (bicyclic) bond motifs is 1. The molecule has 0 spiro atoms. The first-order valence-electron chi connectivity index (χ1n) is 14.6. The van der Waals surface area contributed by atoms with Gasteiger partial charge >= 0.3 is 5.97 Å². The van der Waals surface area contributed by atoms with Gasteiger partial charge in [-0.2, -0.15) is 0 Å². The van der Waals surface area contributed by atoms with Crippen LogP contribution < -0.4 is 10.7 Å². The van der Waals surface area contributed by atoms with E-state index < -0.39 is 30.1 Å². The lowest BCUT2D eigenvalue weighted by Crippen LogP contribution is -2.59. The van der Waals surface area contributed by atoms with E-state index in [1.165, 1.54) is 5.01 Å². The number of carbonyl (C=O) groups excluding carboxylic acids is 4. The lowest BCUT2D eigenvalue weighted by molar-refractivity contribution is -0.157. The fourth-order valence-electron chi connectivity index (χ4n) is 4.92. The van der Waals surface area contributed by atoms with E-state index in [-0.39, 0.29) is 36.4 Å². The van der Waals surface area contributed by atoms with Crippen LogP contribution in [-0.2, 0) is 30.3 Å². The van der Waals surface area contributed by atoms with Gasteiger partial charge in [0.05, 0.1) is 0 Å². The van der Waals surface area contributed by atoms with Gasteiger partial charge in [-0.3, -0.25) is 29.2 Å². The summed E-state index contributed by atoms with van der Waals surface area (Å²) >= 11 is 0. The van der Waals surface area contributed by atoms with Gasteiger partial charge in [0.1, 0.15) is 24.0 Å². The molecule has 0 aliphatic carbocycles. The maximum Gasteiger partial charge on any atom is 0.325 e. The van der Waals surface area contributed by atoms with Crippen LogP contribution in [0.25, 0.3) is 10.8 Å². The van der Waals surface area contributed by atoms with Crippen LogP contribution in [0.2, 0.25) is 0 Å². The molecule has 41 heavy (non-hydrogen) atoms. The topological polar surface area (TPSA) is 118 Å². The molecule has 9 nitrogen and oxygen atoms in total. The number of allylic oxidation sites excluding steroid dienone is 2. The van der Waals surface area contributed by atoms with Crippen molar-refractivity contribution in [1.29, 1.82) is 0 Å². The van der Waals surface area contributed by atoms with Gasteiger partial charge in [0.25, 0.3) is 5.91 Å². The number of nitrogens with one attached hydrogen (secondary N) is 2. The van der Waals surface area contributed by atoms with Crippen LogP contribution in [0.4, 0.5) is 0 Å². The third-order valence-corrected chi connectivity index (χ3v) is 7.56. The van der Waals surface area contributed by atoms with E-state index >= 15 is 0 Å². The number of ketones is 1. The molecule has 222 valence electrons. The van der Waals surface area contributed by atoms with Crippen molar-refractivity contribution in [3.63, 3.8) is 0 Å². The molecule has 4 atom stereocenters. The molecule has 2 amide bonds. The van der Waals surface area contributed by atoms with Crippen molar-refractivity contribution in [2.24, 2.45) is 11.8 Å². The van der Waals surface area contributed by atoms with Gasteiger partial charge in [-0.1, -0.05) is 45.1 Å². The maximum atomic E-state index is 13.2. The van der Waals surface area contributed by atoms with Gasteiger partial charge < -0.3 is 10.1 Å². The number of carbonyl (C=O) groups is 4. The fourth-order valence-corrected chi connectivity index (χ4v) is 4.92. The molecule has 0 unspecified atom stereocenters. The first-order chi connectivity index (χ1) is 19.5. The summed E-state index contributed by atoms with van der Waals surface area (Å²) in [7, 11) is 0. The normalized spacial score (nSPS) is 17.8. The second kappa shape index (κ2) is 14.9. The minimum absolute atomic E-state index is 0.0179. The molecule has 0 bridgehead atoms. The van der Waals surface area contributed by atoms with Crippen LogP contribution in [0, 0.1) is 11.8 Å². The number of amides is 2. The maximum absolute atomic E-state index is 13.2. The molecule has 1 aromatic heterocycles. The van der Waals surface area contributed by atoms with E-state index in [9.17, 15) is 19.2 Å². The van der Waals surface area contributed by atoms with Gasteiger partial charge in [0.15, 0.2) is 0 Å². The number of rotatable bonds is 12. The Kier molecular flexibility index (Phi) is 11.6. The monoisotopic (exact) mass is 564 g/mol. The number of nitrogens with zero attached hydrogens (tertiary/aromatic N) is 2. The summed E-state index contributed by atoms with van der Waals surface area (Å²) in [6.45, 7) is 11.5. The quantitative estimate of drug-likeness (QED) is 0.286. The SMILES string of the molecule is C/C=C/CC(=O)C[C@H](C(=O)N[C@@H](C)C(=O)N1CCC[C@@H](C(=O)O[C@H](C)c2ccc3cnc(CC)cc3c2)N1)C(C)C. The van der Waals surface area contributed by atoms with Crippen molar-refractivity contribution >= 4 is 34.3 Å². The zero-order chi connectivity index (χ0) is 30.1. The number of benzene rings is 1. The first kappa shape index (κ1) is 31.9. The highest BCUT2D eigenvalue weighted by Gasteiger charge is 2.33. The largest absolute Gasteiger partial charge is 0.457 e. The van der Waals surface area contributed by atoms with Crippen molar-refractivity contribution in [3.05, 3.63) is 53.9 Å². The zero-order valence-electron chi connectivity index (χ0n) is 25.1. The number of pyridine rings is 1. The van der Waals surface area contributed by atoms with Gasteiger partial charge in [-0.05, 0) is 69.0 Å². The standard InChI is InChI=1S/C32H44N4O5/c1-7-9-11-27(37)18-28(20(3)4)30(38)34-21(5)31(39)36-15-10-12-29(35-36)32(40)41-22(6)23-13-14-24-19-33-26(8-2)17-25(24)16-23/h7,9,13-14,16-17,19-22,28-29,35H,8,10-12,15,18H2,1-6H3,(H,34,38)/b9-7+/t21-,22+,28-,29-/m0/s1. The highest BCUT2D eigenvalue weighted by atomic mass is 16.5. The summed E-state index contributed by atoms with van der Waals surface area (Å²) in [5, 5.41) is 6.24. The predicted octanol–water partition coefficient (Wildman–Crippen LogP) is 4.60. The Hall–Kier alpha value is -3.59. The highest BCUT2D eigenvalue weighted by Crippen LogP contribution is 2.24. The third-order valence-electron chi connectivity index (χ3n) is 7.56. The number of aromatic nitrogens is 1. The average Bonchev–Trinajstić information content (AvgIpc) is 2.97. The van der Waals surface area contributed by atoms with E-state index in [4.69, 9.17) is 4.74 Å². The van der Waals surface area contributed by atoms with Crippen molar-refractivity contribution in [3.8, 4) is 0 Å². The summed E-state index contributed by atoms with van der Waals surface area (Å²) < 4.78 is 5.80. The van der Waals surface area contributed by atoms with E-state index in [0.717, 1.165) is 28.5 Å². The minimum Gasteiger partial charge on any atom is -0.457 e.